The molecule has 0 N–H and O–H groups in total. The van der Waals surface area contributed by atoms with Gasteiger partial charge in [0.25, 0.3) is 0 Å². The number of benzene rings is 1. The van der Waals surface area contributed by atoms with Crippen LogP contribution in [0, 0.1) is 3.57 Å². The van der Waals surface area contributed by atoms with Crippen LogP contribution in [0.1, 0.15) is 0 Å². The molecular weight excluding hydrogens is 376 g/mol. The monoisotopic (exact) mass is 389 g/mol. The lowest BCUT2D eigenvalue weighted by molar-refractivity contribution is -0.00000240. The van der Waals surface area contributed by atoms with Gasteiger partial charge in [0.1, 0.15) is 5.69 Å². The molecule has 1 rings (SSSR count). The van der Waals surface area contributed by atoms with Gasteiger partial charge in [0.05, 0.1) is 21.1 Å². The van der Waals surface area contributed by atoms with E-state index < -0.39 is 0 Å². The molecule has 0 spiro atoms. The smallest absolute Gasteiger partial charge is 0.133 e. The van der Waals surface area contributed by atoms with Gasteiger partial charge >= 0.3 is 0 Å². The summed E-state index contributed by atoms with van der Waals surface area (Å²) in [5.41, 5.74) is 1.34. The van der Waals surface area contributed by atoms with Gasteiger partial charge in [-0.25, -0.2) is 0 Å². The van der Waals surface area contributed by atoms with E-state index in [9.17, 15) is 0 Å². The molecule has 1 nitrogen and oxygen atoms in total. The van der Waals surface area contributed by atoms with Crippen molar-refractivity contribution < 1.29 is 24.0 Å². The molecule has 0 saturated heterocycles. The molecule has 0 radical (unpaired) electrons. The highest BCUT2D eigenvalue weighted by atomic mass is 127. The zero-order valence-electron chi connectivity index (χ0n) is 7.51. The number of nitrogens with zero attached hydrogens (tertiary/aromatic N) is 1. The van der Waals surface area contributed by atoms with Crippen LogP contribution in [0.5, 0.6) is 0 Å². The highest BCUT2D eigenvalue weighted by Crippen LogP contribution is 2.18. The molecule has 1 aromatic rings. The molecule has 1 aromatic carbocycles. The summed E-state index contributed by atoms with van der Waals surface area (Å²) in [6.45, 7) is 0. The second-order valence-corrected chi connectivity index (χ2v) is 4.74. The average molecular weight is 389 g/mol. The molecule has 0 amide bonds. The quantitative estimate of drug-likeness (QED) is 0.449. The van der Waals surface area contributed by atoms with Crippen molar-refractivity contribution in [3.05, 3.63) is 27.8 Å². The third kappa shape index (κ3) is 3.57. The Morgan fingerprint density at radius 1 is 1.17 bits per heavy atom. The summed E-state index contributed by atoms with van der Waals surface area (Å²) >= 11 is 2.34. The summed E-state index contributed by atoms with van der Waals surface area (Å²) in [6, 6.07) is 8.57. The van der Waals surface area contributed by atoms with Gasteiger partial charge in [-0.1, -0.05) is 6.07 Å². The molecule has 12 heavy (non-hydrogen) atoms. The molecule has 0 atom stereocenters. The molecule has 0 fully saturated rings. The van der Waals surface area contributed by atoms with Crippen LogP contribution in [0.2, 0.25) is 0 Å². The van der Waals surface area contributed by atoms with E-state index in [1.165, 1.54) is 9.26 Å². The zero-order chi connectivity index (χ0) is 8.48. The Bertz CT molecular complexity index is 253. The third-order valence-corrected chi connectivity index (χ3v) is 2.25. The first-order valence-corrected chi connectivity index (χ1v) is 4.65. The predicted molar refractivity (Wildman–Crippen MR) is 58.7 cm³/mol. The number of rotatable bonds is 1. The molecule has 0 heterocycles. The van der Waals surface area contributed by atoms with Gasteiger partial charge in [-0.05, 0) is 34.7 Å². The molecule has 0 aliphatic carbocycles. The van der Waals surface area contributed by atoms with Crippen LogP contribution in [0.4, 0.5) is 5.69 Å². The second kappa shape index (κ2) is 4.76. The van der Waals surface area contributed by atoms with Crippen molar-refractivity contribution in [2.45, 2.75) is 0 Å². The maximum absolute atomic E-state index is 2.34. The maximum atomic E-state index is 2.34. The topological polar surface area (TPSA) is 0 Å². The van der Waals surface area contributed by atoms with Crippen molar-refractivity contribution in [1.29, 1.82) is 0 Å². The fraction of sp³-hybridized carbons (Fsp3) is 0.333. The number of hydrogen-bond acceptors (Lipinski definition) is 0. The molecule has 0 saturated carbocycles. The van der Waals surface area contributed by atoms with Crippen LogP contribution in [0.15, 0.2) is 24.3 Å². The Hall–Kier alpha value is 0.640. The van der Waals surface area contributed by atoms with Crippen LogP contribution in [-0.4, -0.2) is 21.1 Å². The lowest BCUT2D eigenvalue weighted by Crippen LogP contribution is -3.00. The van der Waals surface area contributed by atoms with E-state index in [0.717, 1.165) is 4.48 Å². The summed E-state index contributed by atoms with van der Waals surface area (Å²) in [4.78, 5) is 0. The third-order valence-electron chi connectivity index (χ3n) is 1.58. The Kier molecular flexibility index (Phi) is 5.01. The van der Waals surface area contributed by atoms with Gasteiger partial charge in [-0.15, -0.1) is 0 Å². The Balaban J connectivity index is 0.00000121. The second-order valence-electron chi connectivity index (χ2n) is 3.49. The van der Waals surface area contributed by atoms with Crippen molar-refractivity contribution in [2.24, 2.45) is 0 Å². The standard InChI is InChI=1S/C9H13IN.HI/c1-11(2,3)9-6-4-5-8(10)7-9;/h4-7H,1-3H3;1H/q+1;/p-1. The minimum atomic E-state index is 0. The van der Waals surface area contributed by atoms with Crippen LogP contribution >= 0.6 is 22.6 Å². The van der Waals surface area contributed by atoms with E-state index in [4.69, 9.17) is 0 Å². The van der Waals surface area contributed by atoms with E-state index >= 15 is 0 Å². The first kappa shape index (κ1) is 12.6. The summed E-state index contributed by atoms with van der Waals surface area (Å²) < 4.78 is 2.18. The van der Waals surface area contributed by atoms with Crippen molar-refractivity contribution in [1.82, 2.24) is 4.48 Å². The van der Waals surface area contributed by atoms with Gasteiger partial charge in [0.2, 0.25) is 0 Å². The lowest BCUT2D eigenvalue weighted by atomic mass is 10.3. The Morgan fingerprint density at radius 3 is 2.08 bits per heavy atom. The summed E-state index contributed by atoms with van der Waals surface area (Å²) in [7, 11) is 6.52. The van der Waals surface area contributed by atoms with Gasteiger partial charge < -0.3 is 24.0 Å². The molecule has 68 valence electrons. The molecule has 0 unspecified atom stereocenters. The van der Waals surface area contributed by atoms with Gasteiger partial charge in [0.15, 0.2) is 0 Å². The van der Waals surface area contributed by atoms with Crippen molar-refractivity contribution in [2.75, 3.05) is 21.1 Å². The van der Waals surface area contributed by atoms with Gasteiger partial charge in [-0.2, -0.15) is 0 Å². The Morgan fingerprint density at radius 2 is 1.75 bits per heavy atom. The van der Waals surface area contributed by atoms with Crippen molar-refractivity contribution in [3.8, 4) is 0 Å². The van der Waals surface area contributed by atoms with Crippen molar-refractivity contribution in [3.63, 3.8) is 0 Å². The predicted octanol–water partition coefficient (Wildman–Crippen LogP) is -0.508. The molecular formula is C9H13I2N. The highest BCUT2D eigenvalue weighted by molar-refractivity contribution is 14.1. The molecule has 0 aliphatic rings. The maximum Gasteiger partial charge on any atom is 0.133 e. The first-order valence-electron chi connectivity index (χ1n) is 3.58. The molecule has 3 heteroatoms. The van der Waals surface area contributed by atoms with E-state index in [-0.39, 0.29) is 24.0 Å². The van der Waals surface area contributed by atoms with Crippen LogP contribution in [-0.2, 0) is 0 Å². The van der Waals surface area contributed by atoms with Gasteiger partial charge in [0, 0.05) is 9.64 Å². The Labute approximate surface area is 105 Å². The number of hydrogen-bond donors (Lipinski definition) is 0. The minimum Gasteiger partial charge on any atom is -1.00 e. The van der Waals surface area contributed by atoms with E-state index in [1.54, 1.807) is 0 Å². The SMILES string of the molecule is C[N+](C)(C)c1cccc(I)c1.[I-]. The first-order chi connectivity index (χ1) is 5.00. The number of halogens is 2. The van der Waals surface area contributed by atoms with Crippen LogP contribution < -0.4 is 28.5 Å². The van der Waals surface area contributed by atoms with Gasteiger partial charge in [-0.3, -0.25) is 4.48 Å². The number of quaternary nitrogens is 1. The fourth-order valence-corrected chi connectivity index (χ4v) is 1.42. The largest absolute Gasteiger partial charge is 1.00 e. The zero-order valence-corrected chi connectivity index (χ0v) is 11.8. The summed E-state index contributed by atoms with van der Waals surface area (Å²) in [6.07, 6.45) is 0. The average Bonchev–Trinajstić information content (AvgIpc) is 1.86. The van der Waals surface area contributed by atoms with Crippen LogP contribution in [0.3, 0.4) is 0 Å². The summed E-state index contributed by atoms with van der Waals surface area (Å²) in [5, 5.41) is 0. The minimum absolute atomic E-state index is 0. The van der Waals surface area contributed by atoms with Crippen molar-refractivity contribution >= 4 is 28.3 Å². The lowest BCUT2D eigenvalue weighted by Gasteiger charge is -2.23. The molecule has 0 aliphatic heterocycles. The fourth-order valence-electron chi connectivity index (χ4n) is 0.893. The van der Waals surface area contributed by atoms with E-state index in [1.807, 2.05) is 0 Å². The summed E-state index contributed by atoms with van der Waals surface area (Å²) in [5.74, 6) is 0. The molecule has 0 aromatic heterocycles. The highest BCUT2D eigenvalue weighted by Gasteiger charge is 2.10. The molecule has 0 bridgehead atoms. The van der Waals surface area contributed by atoms with E-state index in [0.29, 0.717) is 0 Å². The normalized spacial score (nSPS) is 10.7. The van der Waals surface area contributed by atoms with Crippen LogP contribution in [0.25, 0.3) is 0 Å². The van der Waals surface area contributed by atoms with E-state index in [2.05, 4.69) is 68.0 Å².